The highest BCUT2D eigenvalue weighted by Gasteiger charge is 2.14. The van der Waals surface area contributed by atoms with Gasteiger partial charge in [0.25, 0.3) is 5.56 Å². The van der Waals surface area contributed by atoms with Crippen molar-refractivity contribution < 1.29 is 9.90 Å². The Morgan fingerprint density at radius 1 is 1.33 bits per heavy atom. The van der Waals surface area contributed by atoms with E-state index in [-0.39, 0.29) is 28.3 Å². The number of aromatic nitrogens is 2. The van der Waals surface area contributed by atoms with Gasteiger partial charge in [0.2, 0.25) is 11.8 Å². The lowest BCUT2D eigenvalue weighted by Crippen LogP contribution is -2.18. The highest BCUT2D eigenvalue weighted by atomic mass is 32.2. The quantitative estimate of drug-likeness (QED) is 0.501. The van der Waals surface area contributed by atoms with Crippen molar-refractivity contribution in [3.63, 3.8) is 0 Å². The van der Waals surface area contributed by atoms with Gasteiger partial charge in [-0.15, -0.1) is 0 Å². The molecule has 0 unspecified atom stereocenters. The van der Waals surface area contributed by atoms with Crippen molar-refractivity contribution in [3.8, 4) is 5.88 Å². The summed E-state index contributed by atoms with van der Waals surface area (Å²) >= 11 is 1.10. The normalized spacial score (nSPS) is 13.0. The summed E-state index contributed by atoms with van der Waals surface area (Å²) in [6, 6.07) is 6.01. The minimum atomic E-state index is -0.343. The molecule has 1 amide bonds. The summed E-state index contributed by atoms with van der Waals surface area (Å²) in [4.78, 5) is 31.0. The van der Waals surface area contributed by atoms with E-state index in [4.69, 9.17) is 0 Å². The molecule has 1 heterocycles. The van der Waals surface area contributed by atoms with Crippen molar-refractivity contribution in [2.75, 3.05) is 11.1 Å². The number of carbonyl (C=O) groups excluding carboxylic acids is 1. The molecule has 1 aromatic heterocycles. The van der Waals surface area contributed by atoms with Gasteiger partial charge in [0, 0.05) is 5.69 Å². The number of carbonyl (C=O) groups is 1. The second-order valence-electron chi connectivity index (χ2n) is 7.28. The Morgan fingerprint density at radius 3 is 2.85 bits per heavy atom. The average Bonchev–Trinajstić information content (AvgIpc) is 3.06. The van der Waals surface area contributed by atoms with Crippen molar-refractivity contribution >= 4 is 23.4 Å². The van der Waals surface area contributed by atoms with Gasteiger partial charge in [-0.1, -0.05) is 31.7 Å². The van der Waals surface area contributed by atoms with Gasteiger partial charge in [-0.25, -0.2) is 0 Å². The minimum absolute atomic E-state index is 0.102. The number of hydrogen-bond acceptors (Lipinski definition) is 5. The lowest BCUT2D eigenvalue weighted by molar-refractivity contribution is -0.113. The van der Waals surface area contributed by atoms with Gasteiger partial charge in [-0.2, -0.15) is 4.98 Å². The second-order valence-corrected chi connectivity index (χ2v) is 8.24. The van der Waals surface area contributed by atoms with Crippen molar-refractivity contribution in [2.45, 2.75) is 51.1 Å². The Kier molecular flexibility index (Phi) is 6.21. The summed E-state index contributed by atoms with van der Waals surface area (Å²) < 4.78 is 0. The monoisotopic (exact) mass is 387 g/mol. The second kappa shape index (κ2) is 8.61. The van der Waals surface area contributed by atoms with Gasteiger partial charge in [-0.3, -0.25) is 9.59 Å². The molecule has 1 aliphatic carbocycles. The van der Waals surface area contributed by atoms with Gasteiger partial charge < -0.3 is 15.4 Å². The van der Waals surface area contributed by atoms with Gasteiger partial charge in [0.1, 0.15) is 0 Å². The van der Waals surface area contributed by atoms with Gasteiger partial charge in [0.15, 0.2) is 5.16 Å². The highest BCUT2D eigenvalue weighted by Crippen LogP contribution is 2.25. The molecule has 0 saturated carbocycles. The van der Waals surface area contributed by atoms with Crippen LogP contribution >= 0.6 is 11.8 Å². The molecule has 3 rings (SSSR count). The van der Waals surface area contributed by atoms with E-state index >= 15 is 0 Å². The van der Waals surface area contributed by atoms with Crippen LogP contribution in [0.3, 0.4) is 0 Å². The average molecular weight is 388 g/mol. The minimum Gasteiger partial charge on any atom is -0.493 e. The first-order chi connectivity index (χ1) is 12.9. The number of rotatable bonds is 7. The van der Waals surface area contributed by atoms with Crippen LogP contribution in [0.25, 0.3) is 0 Å². The van der Waals surface area contributed by atoms with Crippen LogP contribution in [-0.2, 0) is 24.1 Å². The van der Waals surface area contributed by atoms with Crippen LogP contribution in [0, 0.1) is 5.92 Å². The van der Waals surface area contributed by atoms with Gasteiger partial charge in [-0.05, 0) is 61.3 Å². The summed E-state index contributed by atoms with van der Waals surface area (Å²) in [5.41, 5.74) is 3.40. The van der Waals surface area contributed by atoms with Crippen molar-refractivity contribution in [1.29, 1.82) is 0 Å². The summed E-state index contributed by atoms with van der Waals surface area (Å²) in [6.07, 6.45) is 4.61. The lowest BCUT2D eigenvalue weighted by Gasteiger charge is -2.08. The lowest BCUT2D eigenvalue weighted by atomic mass is 10.0. The van der Waals surface area contributed by atoms with Crippen LogP contribution in [0.4, 0.5) is 5.69 Å². The molecule has 1 aliphatic rings. The third kappa shape index (κ3) is 5.13. The Balaban J connectivity index is 1.58. The first kappa shape index (κ1) is 19.5. The number of thioether (sulfide) groups is 1. The summed E-state index contributed by atoms with van der Waals surface area (Å²) in [7, 11) is 0. The van der Waals surface area contributed by atoms with Gasteiger partial charge >= 0.3 is 0 Å². The molecule has 0 fully saturated rings. The molecule has 0 spiro atoms. The van der Waals surface area contributed by atoms with E-state index in [9.17, 15) is 14.7 Å². The number of fused-ring (bicyclic) bond motifs is 1. The number of anilines is 1. The first-order valence-electron chi connectivity index (χ1n) is 9.29. The maximum absolute atomic E-state index is 12.2. The molecule has 7 heteroatoms. The Hall–Kier alpha value is -2.28. The van der Waals surface area contributed by atoms with E-state index in [1.807, 2.05) is 12.1 Å². The zero-order valence-electron chi connectivity index (χ0n) is 15.7. The fourth-order valence-electron chi connectivity index (χ4n) is 3.17. The number of amides is 1. The molecule has 0 atom stereocenters. The summed E-state index contributed by atoms with van der Waals surface area (Å²) in [5.74, 6) is 0.107. The van der Waals surface area contributed by atoms with E-state index < -0.39 is 0 Å². The van der Waals surface area contributed by atoms with Crippen LogP contribution in [0.5, 0.6) is 5.88 Å². The van der Waals surface area contributed by atoms with Crippen LogP contribution in [0.2, 0.25) is 0 Å². The van der Waals surface area contributed by atoms with Crippen molar-refractivity contribution in [3.05, 3.63) is 45.2 Å². The predicted molar refractivity (Wildman–Crippen MR) is 108 cm³/mol. The molecule has 1 aromatic carbocycles. The fraction of sp³-hybridized carbons (Fsp3) is 0.450. The number of H-pyrrole nitrogens is 1. The SMILES string of the molecule is CC(C)CCc1c(O)nc(SCC(=O)Nc2ccc3c(c2)CCC3)[nH]c1=O. The number of aromatic amines is 1. The molecule has 2 aromatic rings. The van der Waals surface area contributed by atoms with Crippen molar-refractivity contribution in [1.82, 2.24) is 9.97 Å². The number of nitrogens with zero attached hydrogens (tertiary/aromatic N) is 1. The molecular formula is C20H25N3O3S. The number of aryl methyl sites for hydroxylation is 2. The zero-order chi connectivity index (χ0) is 19.4. The summed E-state index contributed by atoms with van der Waals surface area (Å²) in [6.45, 7) is 4.12. The smallest absolute Gasteiger partial charge is 0.258 e. The maximum Gasteiger partial charge on any atom is 0.258 e. The zero-order valence-corrected chi connectivity index (χ0v) is 16.5. The molecule has 27 heavy (non-hydrogen) atoms. The summed E-state index contributed by atoms with van der Waals surface area (Å²) in [5, 5.41) is 13.1. The predicted octanol–water partition coefficient (Wildman–Crippen LogP) is 3.28. The molecule has 0 bridgehead atoms. The Morgan fingerprint density at radius 2 is 2.11 bits per heavy atom. The Labute approximate surface area is 162 Å². The van der Waals surface area contributed by atoms with Crippen LogP contribution in [0.15, 0.2) is 28.2 Å². The number of nitrogens with one attached hydrogen (secondary N) is 2. The van der Waals surface area contributed by atoms with Gasteiger partial charge in [0.05, 0.1) is 11.3 Å². The molecule has 6 nitrogen and oxygen atoms in total. The van der Waals surface area contributed by atoms with E-state index in [0.29, 0.717) is 17.9 Å². The molecule has 0 saturated heterocycles. The van der Waals surface area contributed by atoms with Crippen LogP contribution in [-0.4, -0.2) is 26.7 Å². The standard InChI is InChI=1S/C20H25N3O3S/c1-12(2)6-9-16-18(25)22-20(23-19(16)26)27-11-17(24)21-15-8-7-13-4-3-5-14(13)10-15/h7-8,10,12H,3-6,9,11H2,1-2H3,(H,21,24)(H2,22,23,25,26). The number of aromatic hydroxyl groups is 1. The van der Waals surface area contributed by atoms with E-state index in [0.717, 1.165) is 43.1 Å². The first-order valence-corrected chi connectivity index (χ1v) is 10.3. The fourth-order valence-corrected chi connectivity index (χ4v) is 3.83. The molecule has 144 valence electrons. The van der Waals surface area contributed by atoms with Crippen LogP contribution in [0.1, 0.15) is 43.4 Å². The maximum atomic E-state index is 12.2. The van der Waals surface area contributed by atoms with E-state index in [1.54, 1.807) is 0 Å². The topological polar surface area (TPSA) is 95.1 Å². The highest BCUT2D eigenvalue weighted by molar-refractivity contribution is 7.99. The van der Waals surface area contributed by atoms with E-state index in [2.05, 4.69) is 35.2 Å². The van der Waals surface area contributed by atoms with Crippen molar-refractivity contribution in [2.24, 2.45) is 5.92 Å². The Bertz CT molecular complexity index is 893. The molecule has 0 radical (unpaired) electrons. The van der Waals surface area contributed by atoms with Crippen LogP contribution < -0.4 is 10.9 Å². The van der Waals surface area contributed by atoms with E-state index in [1.165, 1.54) is 11.1 Å². The third-order valence-electron chi connectivity index (χ3n) is 4.67. The largest absolute Gasteiger partial charge is 0.493 e. The molecular weight excluding hydrogens is 362 g/mol. The number of benzene rings is 1. The third-order valence-corrected chi connectivity index (χ3v) is 5.54. The number of hydrogen-bond donors (Lipinski definition) is 3. The molecule has 0 aliphatic heterocycles. The molecule has 3 N–H and O–H groups in total.